The first-order valence-electron chi connectivity index (χ1n) is 5.03. The minimum absolute atomic E-state index is 0.154. The summed E-state index contributed by atoms with van der Waals surface area (Å²) < 4.78 is 0. The summed E-state index contributed by atoms with van der Waals surface area (Å²) in [5, 5.41) is 2.70. The van der Waals surface area contributed by atoms with E-state index in [0.29, 0.717) is 5.71 Å². The van der Waals surface area contributed by atoms with Gasteiger partial charge in [-0.2, -0.15) is 4.99 Å². The van der Waals surface area contributed by atoms with Crippen LogP contribution in [-0.2, 0) is 0 Å². The number of hydrogen-bond acceptors (Lipinski definition) is 2. The molecule has 2 heterocycles. The van der Waals surface area contributed by atoms with Crippen LogP contribution < -0.4 is 5.32 Å². The molecular formula is C12H9N3O. The normalized spacial score (nSPS) is 22.2. The molecule has 4 nitrogen and oxygen atoms in total. The highest BCUT2D eigenvalue weighted by molar-refractivity contribution is 6.19. The number of carbonyl (C=O) groups excluding carboxylic acids is 1. The summed E-state index contributed by atoms with van der Waals surface area (Å²) in [5.41, 5.74) is 2.61. The van der Waals surface area contributed by atoms with E-state index in [1.165, 1.54) is 0 Å². The van der Waals surface area contributed by atoms with Crippen molar-refractivity contribution >= 4 is 11.7 Å². The highest BCUT2D eigenvalue weighted by atomic mass is 16.2. The standard InChI is InChI=1S/C12H9N3O/c16-12-14-10-4-3-8(6-11(10)15-12)9-2-1-5-13-7-9/h1-8H,(H,15,16). The zero-order valence-corrected chi connectivity index (χ0v) is 8.42. The van der Waals surface area contributed by atoms with E-state index >= 15 is 0 Å². The number of nitrogens with zero attached hydrogens (tertiary/aromatic N) is 2. The number of pyridine rings is 1. The molecule has 1 atom stereocenters. The van der Waals surface area contributed by atoms with Crippen molar-refractivity contribution in [3.05, 3.63) is 54.0 Å². The van der Waals surface area contributed by atoms with Crippen LogP contribution in [0.5, 0.6) is 0 Å². The van der Waals surface area contributed by atoms with Crippen molar-refractivity contribution in [3.63, 3.8) is 0 Å². The zero-order valence-electron chi connectivity index (χ0n) is 8.42. The van der Waals surface area contributed by atoms with Crippen LogP contribution in [0.25, 0.3) is 0 Å². The molecule has 0 radical (unpaired) electrons. The average molecular weight is 211 g/mol. The fourth-order valence-electron chi connectivity index (χ4n) is 1.84. The second-order valence-electron chi connectivity index (χ2n) is 3.68. The van der Waals surface area contributed by atoms with Crippen molar-refractivity contribution in [1.29, 1.82) is 0 Å². The summed E-state index contributed by atoms with van der Waals surface area (Å²) in [5.74, 6) is 0.154. The number of carbonyl (C=O) groups is 1. The molecule has 16 heavy (non-hydrogen) atoms. The van der Waals surface area contributed by atoms with Crippen LogP contribution in [0.3, 0.4) is 0 Å². The highest BCUT2D eigenvalue weighted by Gasteiger charge is 2.22. The summed E-state index contributed by atoms with van der Waals surface area (Å²) in [7, 11) is 0. The minimum Gasteiger partial charge on any atom is -0.304 e. The summed E-state index contributed by atoms with van der Waals surface area (Å²) >= 11 is 0. The molecule has 0 saturated carbocycles. The number of nitrogens with one attached hydrogen (secondary N) is 1. The molecule has 1 aliphatic heterocycles. The van der Waals surface area contributed by atoms with E-state index in [1.807, 2.05) is 36.6 Å². The molecule has 0 fully saturated rings. The molecule has 1 aromatic heterocycles. The van der Waals surface area contributed by atoms with Gasteiger partial charge in [-0.05, 0) is 23.8 Å². The van der Waals surface area contributed by atoms with Crippen molar-refractivity contribution in [2.45, 2.75) is 5.92 Å². The summed E-state index contributed by atoms with van der Waals surface area (Å²) in [6.07, 6.45) is 9.43. The maximum Gasteiger partial charge on any atom is 0.346 e. The lowest BCUT2D eigenvalue weighted by molar-refractivity contribution is 0.253. The van der Waals surface area contributed by atoms with Crippen LogP contribution in [0.1, 0.15) is 11.5 Å². The lowest BCUT2D eigenvalue weighted by Crippen LogP contribution is -2.16. The Morgan fingerprint density at radius 2 is 2.31 bits per heavy atom. The van der Waals surface area contributed by atoms with Crippen LogP contribution in [0, 0.1) is 0 Å². The number of fused-ring (bicyclic) bond motifs is 1. The van der Waals surface area contributed by atoms with Gasteiger partial charge in [0, 0.05) is 18.3 Å². The molecule has 1 unspecified atom stereocenters. The van der Waals surface area contributed by atoms with E-state index in [0.717, 1.165) is 11.3 Å². The fourth-order valence-corrected chi connectivity index (χ4v) is 1.84. The van der Waals surface area contributed by atoms with Gasteiger partial charge in [-0.1, -0.05) is 12.1 Å². The molecule has 2 aliphatic rings. The Morgan fingerprint density at radius 3 is 3.12 bits per heavy atom. The van der Waals surface area contributed by atoms with Crippen molar-refractivity contribution in [1.82, 2.24) is 10.3 Å². The Kier molecular flexibility index (Phi) is 1.93. The van der Waals surface area contributed by atoms with Crippen LogP contribution in [0.15, 0.2) is 53.4 Å². The number of aliphatic imine (C=N–C) groups is 1. The number of allylic oxidation sites excluding steroid dienone is 3. The number of aromatic nitrogens is 1. The smallest absolute Gasteiger partial charge is 0.304 e. The second kappa shape index (κ2) is 3.41. The number of amides is 2. The first-order chi connectivity index (χ1) is 7.83. The van der Waals surface area contributed by atoms with E-state index in [9.17, 15) is 4.79 Å². The number of hydrogen-bond donors (Lipinski definition) is 1. The van der Waals surface area contributed by atoms with Crippen LogP contribution >= 0.6 is 0 Å². The quantitative estimate of drug-likeness (QED) is 0.769. The van der Waals surface area contributed by atoms with E-state index in [2.05, 4.69) is 15.3 Å². The topological polar surface area (TPSA) is 54.4 Å². The van der Waals surface area contributed by atoms with Gasteiger partial charge in [-0.15, -0.1) is 0 Å². The molecule has 0 bridgehead atoms. The van der Waals surface area contributed by atoms with Gasteiger partial charge < -0.3 is 5.32 Å². The Morgan fingerprint density at radius 1 is 1.38 bits per heavy atom. The Hall–Kier alpha value is -2.23. The van der Waals surface area contributed by atoms with Gasteiger partial charge >= 0.3 is 6.03 Å². The van der Waals surface area contributed by atoms with Gasteiger partial charge in [-0.3, -0.25) is 4.98 Å². The molecule has 1 aliphatic carbocycles. The van der Waals surface area contributed by atoms with Gasteiger partial charge in [0.25, 0.3) is 0 Å². The first-order valence-corrected chi connectivity index (χ1v) is 5.03. The van der Waals surface area contributed by atoms with Crippen molar-refractivity contribution in [3.8, 4) is 0 Å². The molecule has 78 valence electrons. The Balaban J connectivity index is 1.95. The minimum atomic E-state index is -0.294. The van der Waals surface area contributed by atoms with Crippen molar-refractivity contribution in [2.75, 3.05) is 0 Å². The third-order valence-electron chi connectivity index (χ3n) is 2.62. The van der Waals surface area contributed by atoms with E-state index < -0.39 is 0 Å². The van der Waals surface area contributed by atoms with E-state index in [4.69, 9.17) is 0 Å². The van der Waals surface area contributed by atoms with Gasteiger partial charge in [0.15, 0.2) is 0 Å². The largest absolute Gasteiger partial charge is 0.346 e. The summed E-state index contributed by atoms with van der Waals surface area (Å²) in [6.45, 7) is 0. The maximum absolute atomic E-state index is 11.1. The third-order valence-corrected chi connectivity index (χ3v) is 2.62. The Bertz CT molecular complexity index is 528. The lowest BCUT2D eigenvalue weighted by Gasteiger charge is -2.13. The second-order valence-corrected chi connectivity index (χ2v) is 3.68. The third kappa shape index (κ3) is 1.44. The molecule has 4 heteroatoms. The maximum atomic E-state index is 11.1. The molecule has 0 aromatic carbocycles. The average Bonchev–Trinajstić information content (AvgIpc) is 2.69. The molecule has 0 saturated heterocycles. The van der Waals surface area contributed by atoms with Crippen LogP contribution in [-0.4, -0.2) is 16.7 Å². The molecule has 1 N–H and O–H groups in total. The lowest BCUT2D eigenvalue weighted by atomic mass is 9.94. The number of urea groups is 1. The predicted molar refractivity (Wildman–Crippen MR) is 60.2 cm³/mol. The monoisotopic (exact) mass is 211 g/mol. The Labute approximate surface area is 92.4 Å². The van der Waals surface area contributed by atoms with Crippen LogP contribution in [0.4, 0.5) is 4.79 Å². The van der Waals surface area contributed by atoms with Crippen molar-refractivity contribution in [2.24, 2.45) is 4.99 Å². The van der Waals surface area contributed by atoms with Gasteiger partial charge in [0.1, 0.15) is 0 Å². The molecule has 1 aromatic rings. The van der Waals surface area contributed by atoms with Crippen LogP contribution in [0.2, 0.25) is 0 Å². The number of rotatable bonds is 1. The van der Waals surface area contributed by atoms with Crippen molar-refractivity contribution < 1.29 is 4.79 Å². The van der Waals surface area contributed by atoms with E-state index in [-0.39, 0.29) is 11.9 Å². The molecule has 2 amide bonds. The summed E-state index contributed by atoms with van der Waals surface area (Å²) in [4.78, 5) is 19.0. The molecular weight excluding hydrogens is 202 g/mol. The highest BCUT2D eigenvalue weighted by Crippen LogP contribution is 2.24. The van der Waals surface area contributed by atoms with Gasteiger partial charge in [-0.25, -0.2) is 4.79 Å². The molecule has 3 rings (SSSR count). The molecule has 0 spiro atoms. The SMILES string of the molecule is O=C1N=C2C=CC(c3cccnc3)C=C2N1. The zero-order chi connectivity index (χ0) is 11.0. The van der Waals surface area contributed by atoms with E-state index in [1.54, 1.807) is 6.20 Å². The predicted octanol–water partition coefficient (Wildman–Crippen LogP) is 1.78. The summed E-state index contributed by atoms with van der Waals surface area (Å²) in [6, 6.07) is 3.62. The van der Waals surface area contributed by atoms with Gasteiger partial charge in [0.2, 0.25) is 0 Å². The fraction of sp³-hybridized carbons (Fsp3) is 0.0833. The first kappa shape index (κ1) is 9.03. The van der Waals surface area contributed by atoms with Gasteiger partial charge in [0.05, 0.1) is 11.4 Å².